The predicted molar refractivity (Wildman–Crippen MR) is 73.2 cm³/mol. The molecule has 2 N–H and O–H groups in total. The van der Waals surface area contributed by atoms with Crippen molar-refractivity contribution in [3.8, 4) is 5.75 Å². The number of aliphatic hydroxyl groups excluding tert-OH is 1. The van der Waals surface area contributed by atoms with Crippen LogP contribution in [0.2, 0.25) is 0 Å². The molecule has 2 atom stereocenters. The van der Waals surface area contributed by atoms with Gasteiger partial charge in [0.1, 0.15) is 11.5 Å². The number of furan rings is 1. The second kappa shape index (κ2) is 6.25. The number of benzene rings is 1. The Balaban J connectivity index is 2.04. The first kappa shape index (κ1) is 14.1. The molecule has 5 heteroatoms. The zero-order chi connectivity index (χ0) is 14.5. The number of ether oxygens (including phenoxy) is 1. The third-order valence-corrected chi connectivity index (χ3v) is 2.99. The number of carbonyl (C=O) groups excluding carboxylic acids is 1. The van der Waals surface area contributed by atoms with E-state index in [1.165, 1.54) is 13.4 Å². The molecule has 0 spiro atoms. The highest BCUT2D eigenvalue weighted by Crippen LogP contribution is 2.20. The standard InChI is InChI=1S/C15H17NO4/c1-10(13-7-4-8-20-13)16-15(18)14(17)11-5-3-6-12(9-11)19-2/h3-10,14,17H,1-2H3,(H,16,18). The molecule has 1 aromatic heterocycles. The van der Waals surface area contributed by atoms with Gasteiger partial charge in [-0.15, -0.1) is 0 Å². The van der Waals surface area contributed by atoms with E-state index in [0.29, 0.717) is 17.1 Å². The topological polar surface area (TPSA) is 71.7 Å². The van der Waals surface area contributed by atoms with Gasteiger partial charge in [0.25, 0.3) is 5.91 Å². The summed E-state index contributed by atoms with van der Waals surface area (Å²) in [6.07, 6.45) is 0.290. The van der Waals surface area contributed by atoms with Gasteiger partial charge in [-0.05, 0) is 36.8 Å². The maximum atomic E-state index is 12.0. The van der Waals surface area contributed by atoms with Gasteiger partial charge in [0, 0.05) is 0 Å². The number of hydrogen-bond donors (Lipinski definition) is 2. The highest BCUT2D eigenvalue weighted by Gasteiger charge is 2.21. The van der Waals surface area contributed by atoms with Crippen LogP contribution < -0.4 is 10.1 Å². The molecule has 2 aromatic rings. The van der Waals surface area contributed by atoms with E-state index in [-0.39, 0.29) is 6.04 Å². The molecule has 2 unspecified atom stereocenters. The molecule has 0 saturated heterocycles. The summed E-state index contributed by atoms with van der Waals surface area (Å²) in [6.45, 7) is 1.79. The fraction of sp³-hybridized carbons (Fsp3) is 0.267. The van der Waals surface area contributed by atoms with Gasteiger partial charge in [0.2, 0.25) is 0 Å². The fourth-order valence-corrected chi connectivity index (χ4v) is 1.86. The third-order valence-electron chi connectivity index (χ3n) is 2.99. The van der Waals surface area contributed by atoms with E-state index in [9.17, 15) is 9.90 Å². The van der Waals surface area contributed by atoms with Crippen LogP contribution >= 0.6 is 0 Å². The highest BCUT2D eigenvalue weighted by molar-refractivity contribution is 5.82. The zero-order valence-electron chi connectivity index (χ0n) is 11.4. The van der Waals surface area contributed by atoms with Crippen molar-refractivity contribution in [2.24, 2.45) is 0 Å². The van der Waals surface area contributed by atoms with E-state index in [1.807, 2.05) is 0 Å². The monoisotopic (exact) mass is 275 g/mol. The van der Waals surface area contributed by atoms with E-state index < -0.39 is 12.0 Å². The summed E-state index contributed by atoms with van der Waals surface area (Å²) in [4.78, 5) is 12.0. The summed E-state index contributed by atoms with van der Waals surface area (Å²) in [6, 6.07) is 9.98. The van der Waals surface area contributed by atoms with Gasteiger partial charge in [-0.2, -0.15) is 0 Å². The lowest BCUT2D eigenvalue weighted by atomic mass is 10.1. The second-order valence-corrected chi connectivity index (χ2v) is 4.42. The largest absolute Gasteiger partial charge is 0.497 e. The number of aliphatic hydroxyl groups is 1. The van der Waals surface area contributed by atoms with Crippen LogP contribution in [0.1, 0.15) is 30.4 Å². The van der Waals surface area contributed by atoms with Crippen molar-refractivity contribution in [1.29, 1.82) is 0 Å². The van der Waals surface area contributed by atoms with Gasteiger partial charge in [0.05, 0.1) is 19.4 Å². The van der Waals surface area contributed by atoms with Crippen LogP contribution in [-0.2, 0) is 4.79 Å². The van der Waals surface area contributed by atoms with Gasteiger partial charge >= 0.3 is 0 Å². The summed E-state index contributed by atoms with van der Waals surface area (Å²) in [5, 5.41) is 12.8. The number of carbonyl (C=O) groups is 1. The molecule has 0 saturated carbocycles. The summed E-state index contributed by atoms with van der Waals surface area (Å²) >= 11 is 0. The summed E-state index contributed by atoms with van der Waals surface area (Å²) in [7, 11) is 1.53. The Morgan fingerprint density at radius 2 is 2.15 bits per heavy atom. The lowest BCUT2D eigenvalue weighted by Gasteiger charge is -2.16. The van der Waals surface area contributed by atoms with Crippen molar-refractivity contribution < 1.29 is 19.1 Å². The Hall–Kier alpha value is -2.27. The molecule has 1 aromatic carbocycles. The molecule has 0 radical (unpaired) electrons. The minimum atomic E-state index is -1.25. The lowest BCUT2D eigenvalue weighted by molar-refractivity contribution is -0.130. The van der Waals surface area contributed by atoms with Crippen LogP contribution in [0.15, 0.2) is 47.1 Å². The zero-order valence-corrected chi connectivity index (χ0v) is 11.4. The van der Waals surface area contributed by atoms with Crippen molar-refractivity contribution in [1.82, 2.24) is 5.32 Å². The Kier molecular flexibility index (Phi) is 4.42. The van der Waals surface area contributed by atoms with Crippen molar-refractivity contribution >= 4 is 5.91 Å². The van der Waals surface area contributed by atoms with Crippen molar-refractivity contribution in [3.05, 3.63) is 54.0 Å². The first-order valence-corrected chi connectivity index (χ1v) is 6.27. The lowest BCUT2D eigenvalue weighted by Crippen LogP contribution is -2.31. The van der Waals surface area contributed by atoms with Crippen LogP contribution in [0.3, 0.4) is 0 Å². The van der Waals surface area contributed by atoms with E-state index in [1.54, 1.807) is 43.3 Å². The van der Waals surface area contributed by atoms with Gasteiger partial charge in [0.15, 0.2) is 6.10 Å². The van der Waals surface area contributed by atoms with Gasteiger partial charge in [-0.25, -0.2) is 0 Å². The van der Waals surface area contributed by atoms with Crippen LogP contribution in [-0.4, -0.2) is 18.1 Å². The average Bonchev–Trinajstić information content (AvgIpc) is 3.00. The minimum Gasteiger partial charge on any atom is -0.497 e. The Bertz CT molecular complexity index is 565. The SMILES string of the molecule is COc1cccc(C(O)C(=O)NC(C)c2ccco2)c1. The smallest absolute Gasteiger partial charge is 0.254 e. The summed E-state index contributed by atoms with van der Waals surface area (Å²) in [5.74, 6) is 0.742. The Morgan fingerprint density at radius 1 is 1.35 bits per heavy atom. The fourth-order valence-electron chi connectivity index (χ4n) is 1.86. The molecule has 20 heavy (non-hydrogen) atoms. The average molecular weight is 275 g/mol. The van der Waals surface area contributed by atoms with E-state index in [4.69, 9.17) is 9.15 Å². The molecule has 0 fully saturated rings. The molecular weight excluding hydrogens is 258 g/mol. The quantitative estimate of drug-likeness (QED) is 0.877. The minimum absolute atomic E-state index is 0.308. The molecule has 0 aliphatic rings. The molecule has 0 aliphatic carbocycles. The second-order valence-electron chi connectivity index (χ2n) is 4.42. The maximum absolute atomic E-state index is 12.0. The molecule has 106 valence electrons. The summed E-state index contributed by atoms with van der Waals surface area (Å²) < 4.78 is 10.3. The van der Waals surface area contributed by atoms with Crippen LogP contribution in [0.4, 0.5) is 0 Å². The van der Waals surface area contributed by atoms with Gasteiger partial charge in [-0.3, -0.25) is 4.79 Å². The predicted octanol–water partition coefficient (Wildman–Crippen LogP) is 2.20. The normalized spacial score (nSPS) is 13.6. The molecule has 0 bridgehead atoms. The van der Waals surface area contributed by atoms with Crippen LogP contribution in [0.25, 0.3) is 0 Å². The number of amides is 1. The van der Waals surface area contributed by atoms with Gasteiger partial charge < -0.3 is 19.6 Å². The number of hydrogen-bond acceptors (Lipinski definition) is 4. The van der Waals surface area contributed by atoms with E-state index in [0.717, 1.165) is 0 Å². The van der Waals surface area contributed by atoms with E-state index in [2.05, 4.69) is 5.32 Å². The van der Waals surface area contributed by atoms with Crippen molar-refractivity contribution in [2.75, 3.05) is 7.11 Å². The maximum Gasteiger partial charge on any atom is 0.254 e. The first-order valence-electron chi connectivity index (χ1n) is 6.27. The molecule has 5 nitrogen and oxygen atoms in total. The highest BCUT2D eigenvalue weighted by atomic mass is 16.5. The molecule has 1 heterocycles. The first-order chi connectivity index (χ1) is 9.61. The Morgan fingerprint density at radius 3 is 2.80 bits per heavy atom. The molecule has 1 amide bonds. The van der Waals surface area contributed by atoms with E-state index >= 15 is 0 Å². The van der Waals surface area contributed by atoms with Crippen LogP contribution in [0, 0.1) is 0 Å². The van der Waals surface area contributed by atoms with Gasteiger partial charge in [-0.1, -0.05) is 12.1 Å². The number of methoxy groups -OCH3 is 1. The third kappa shape index (κ3) is 3.19. The van der Waals surface area contributed by atoms with Crippen LogP contribution in [0.5, 0.6) is 5.75 Å². The molecule has 0 aliphatic heterocycles. The van der Waals surface area contributed by atoms with Crippen molar-refractivity contribution in [2.45, 2.75) is 19.1 Å². The summed E-state index contributed by atoms with van der Waals surface area (Å²) in [5.41, 5.74) is 0.480. The number of rotatable bonds is 5. The number of nitrogens with one attached hydrogen (secondary N) is 1. The Labute approximate surface area is 117 Å². The molecular formula is C15H17NO4. The molecule has 2 rings (SSSR count). The van der Waals surface area contributed by atoms with Crippen molar-refractivity contribution in [3.63, 3.8) is 0 Å².